The summed E-state index contributed by atoms with van der Waals surface area (Å²) in [5, 5.41) is 0. The molecule has 2 N–H and O–H groups in total. The van der Waals surface area contributed by atoms with E-state index in [0.29, 0.717) is 6.04 Å². The molecule has 0 aliphatic carbocycles. The first-order chi connectivity index (χ1) is 6.69. The Bertz CT molecular complexity index is 159. The van der Waals surface area contributed by atoms with Gasteiger partial charge in [-0.15, -0.1) is 0 Å². The summed E-state index contributed by atoms with van der Waals surface area (Å²) >= 11 is 0. The molecule has 0 amide bonds. The van der Waals surface area contributed by atoms with Crippen molar-refractivity contribution in [2.75, 3.05) is 33.7 Å². The Morgan fingerprint density at radius 3 is 2.64 bits per heavy atom. The summed E-state index contributed by atoms with van der Waals surface area (Å²) in [4.78, 5) is 4.90. The fourth-order valence-corrected chi connectivity index (χ4v) is 2.30. The lowest BCUT2D eigenvalue weighted by molar-refractivity contribution is 0.209. The SMILES string of the molecule is CCCC(CN)N1CCC(N(C)C)C1. The van der Waals surface area contributed by atoms with Crippen LogP contribution in [-0.4, -0.2) is 55.6 Å². The van der Waals surface area contributed by atoms with Gasteiger partial charge in [0.1, 0.15) is 0 Å². The van der Waals surface area contributed by atoms with Crippen molar-refractivity contribution in [2.45, 2.75) is 38.3 Å². The van der Waals surface area contributed by atoms with Crippen molar-refractivity contribution in [2.24, 2.45) is 5.73 Å². The third kappa shape index (κ3) is 2.94. The third-order valence-electron chi connectivity index (χ3n) is 3.34. The number of hydrogen-bond donors (Lipinski definition) is 1. The maximum atomic E-state index is 5.80. The smallest absolute Gasteiger partial charge is 0.0229 e. The van der Waals surface area contributed by atoms with E-state index < -0.39 is 0 Å². The number of likely N-dealkylation sites (tertiary alicyclic amines) is 1. The number of hydrogen-bond acceptors (Lipinski definition) is 3. The first kappa shape index (κ1) is 12.0. The minimum Gasteiger partial charge on any atom is -0.329 e. The van der Waals surface area contributed by atoms with Gasteiger partial charge in [0.15, 0.2) is 0 Å². The lowest BCUT2D eigenvalue weighted by atomic mass is 10.1. The number of nitrogens with two attached hydrogens (primary N) is 1. The number of rotatable bonds is 5. The van der Waals surface area contributed by atoms with Crippen LogP contribution in [0.3, 0.4) is 0 Å². The Hall–Kier alpha value is -0.120. The molecule has 1 aliphatic rings. The van der Waals surface area contributed by atoms with Gasteiger partial charge >= 0.3 is 0 Å². The fraction of sp³-hybridized carbons (Fsp3) is 1.00. The molecule has 0 spiro atoms. The van der Waals surface area contributed by atoms with Gasteiger partial charge in [0, 0.05) is 31.7 Å². The summed E-state index contributed by atoms with van der Waals surface area (Å²) in [6.45, 7) is 5.48. The van der Waals surface area contributed by atoms with E-state index in [1.807, 2.05) is 0 Å². The molecule has 0 bridgehead atoms. The molecule has 1 saturated heterocycles. The standard InChI is InChI=1S/C11H25N3/c1-4-5-10(8-12)14-7-6-11(9-14)13(2)3/h10-11H,4-9,12H2,1-3H3. The van der Waals surface area contributed by atoms with Crippen molar-refractivity contribution in [3.05, 3.63) is 0 Å². The van der Waals surface area contributed by atoms with E-state index in [2.05, 4.69) is 30.8 Å². The maximum Gasteiger partial charge on any atom is 0.0229 e. The normalized spacial score (nSPS) is 25.9. The number of likely N-dealkylation sites (N-methyl/N-ethyl adjacent to an activating group) is 1. The molecule has 0 radical (unpaired) electrons. The molecular weight excluding hydrogens is 174 g/mol. The lowest BCUT2D eigenvalue weighted by Gasteiger charge is -2.27. The molecule has 1 heterocycles. The fourth-order valence-electron chi connectivity index (χ4n) is 2.30. The Morgan fingerprint density at radius 2 is 2.21 bits per heavy atom. The summed E-state index contributed by atoms with van der Waals surface area (Å²) < 4.78 is 0. The Balaban J connectivity index is 2.39. The van der Waals surface area contributed by atoms with Crippen molar-refractivity contribution < 1.29 is 0 Å². The second-order valence-electron chi connectivity index (χ2n) is 4.58. The molecule has 3 heteroatoms. The van der Waals surface area contributed by atoms with Crippen LogP contribution in [0.2, 0.25) is 0 Å². The third-order valence-corrected chi connectivity index (χ3v) is 3.34. The topological polar surface area (TPSA) is 32.5 Å². The molecule has 84 valence electrons. The Kier molecular flexibility index (Phi) is 4.85. The van der Waals surface area contributed by atoms with Gasteiger partial charge in [0.25, 0.3) is 0 Å². The van der Waals surface area contributed by atoms with E-state index in [-0.39, 0.29) is 0 Å². The average molecular weight is 199 g/mol. The second-order valence-corrected chi connectivity index (χ2v) is 4.58. The second kappa shape index (κ2) is 5.69. The molecule has 0 saturated carbocycles. The minimum atomic E-state index is 0.616. The van der Waals surface area contributed by atoms with Crippen molar-refractivity contribution in [3.63, 3.8) is 0 Å². The monoisotopic (exact) mass is 199 g/mol. The predicted molar refractivity (Wildman–Crippen MR) is 61.4 cm³/mol. The van der Waals surface area contributed by atoms with Crippen molar-refractivity contribution in [1.82, 2.24) is 9.80 Å². The summed E-state index contributed by atoms with van der Waals surface area (Å²) in [6.07, 6.45) is 3.79. The van der Waals surface area contributed by atoms with Crippen LogP contribution >= 0.6 is 0 Å². The highest BCUT2D eigenvalue weighted by Gasteiger charge is 2.27. The van der Waals surface area contributed by atoms with E-state index in [4.69, 9.17) is 5.73 Å². The van der Waals surface area contributed by atoms with Gasteiger partial charge in [-0.25, -0.2) is 0 Å². The average Bonchev–Trinajstić information content (AvgIpc) is 2.63. The number of nitrogens with zero attached hydrogens (tertiary/aromatic N) is 2. The molecule has 14 heavy (non-hydrogen) atoms. The van der Waals surface area contributed by atoms with Gasteiger partial charge in [0.05, 0.1) is 0 Å². The van der Waals surface area contributed by atoms with Crippen LogP contribution in [0.4, 0.5) is 0 Å². The first-order valence-electron chi connectivity index (χ1n) is 5.79. The van der Waals surface area contributed by atoms with Gasteiger partial charge in [-0.05, 0) is 26.9 Å². The molecule has 1 aliphatic heterocycles. The van der Waals surface area contributed by atoms with Crippen molar-refractivity contribution >= 4 is 0 Å². The highest BCUT2D eigenvalue weighted by molar-refractivity contribution is 4.85. The van der Waals surface area contributed by atoms with E-state index in [0.717, 1.165) is 12.6 Å². The molecule has 0 aromatic heterocycles. The molecule has 2 atom stereocenters. The van der Waals surface area contributed by atoms with E-state index >= 15 is 0 Å². The Labute approximate surface area is 88.2 Å². The van der Waals surface area contributed by atoms with Gasteiger partial charge in [0.2, 0.25) is 0 Å². The zero-order chi connectivity index (χ0) is 10.6. The maximum absolute atomic E-state index is 5.80. The molecule has 0 aromatic rings. The van der Waals surface area contributed by atoms with Crippen molar-refractivity contribution in [3.8, 4) is 0 Å². The highest BCUT2D eigenvalue weighted by Crippen LogP contribution is 2.17. The van der Waals surface area contributed by atoms with Crippen LogP contribution in [0.15, 0.2) is 0 Å². The van der Waals surface area contributed by atoms with Gasteiger partial charge in [-0.2, -0.15) is 0 Å². The van der Waals surface area contributed by atoms with Gasteiger partial charge < -0.3 is 10.6 Å². The van der Waals surface area contributed by atoms with E-state index in [1.165, 1.54) is 32.4 Å². The van der Waals surface area contributed by atoms with Crippen molar-refractivity contribution in [1.29, 1.82) is 0 Å². The first-order valence-corrected chi connectivity index (χ1v) is 5.79. The van der Waals surface area contributed by atoms with Crippen LogP contribution in [0.1, 0.15) is 26.2 Å². The summed E-state index contributed by atoms with van der Waals surface area (Å²) in [5.74, 6) is 0. The Morgan fingerprint density at radius 1 is 1.50 bits per heavy atom. The van der Waals surface area contributed by atoms with Crippen LogP contribution in [-0.2, 0) is 0 Å². The molecule has 1 fully saturated rings. The summed E-state index contributed by atoms with van der Waals surface area (Å²) in [6, 6.07) is 1.35. The van der Waals surface area contributed by atoms with Crippen LogP contribution < -0.4 is 5.73 Å². The van der Waals surface area contributed by atoms with Crippen LogP contribution in [0, 0.1) is 0 Å². The molecule has 3 nitrogen and oxygen atoms in total. The van der Waals surface area contributed by atoms with Crippen LogP contribution in [0.5, 0.6) is 0 Å². The van der Waals surface area contributed by atoms with Gasteiger partial charge in [-0.1, -0.05) is 13.3 Å². The summed E-state index contributed by atoms with van der Waals surface area (Å²) in [7, 11) is 4.34. The van der Waals surface area contributed by atoms with E-state index in [1.54, 1.807) is 0 Å². The van der Waals surface area contributed by atoms with E-state index in [9.17, 15) is 0 Å². The van der Waals surface area contributed by atoms with Crippen LogP contribution in [0.25, 0.3) is 0 Å². The molecule has 2 unspecified atom stereocenters. The molecular formula is C11H25N3. The highest BCUT2D eigenvalue weighted by atomic mass is 15.2. The predicted octanol–water partition coefficient (Wildman–Crippen LogP) is 0.750. The van der Waals surface area contributed by atoms with Gasteiger partial charge in [-0.3, -0.25) is 4.90 Å². The molecule has 1 rings (SSSR count). The quantitative estimate of drug-likeness (QED) is 0.709. The zero-order valence-corrected chi connectivity index (χ0v) is 9.87. The largest absolute Gasteiger partial charge is 0.329 e. The minimum absolute atomic E-state index is 0.616. The lowest BCUT2D eigenvalue weighted by Crippen LogP contribution is -2.41. The summed E-state index contributed by atoms with van der Waals surface area (Å²) in [5.41, 5.74) is 5.80. The zero-order valence-electron chi connectivity index (χ0n) is 9.87. The molecule has 0 aromatic carbocycles.